The zero-order chi connectivity index (χ0) is 8.97. The number of H-pyrrole nitrogens is 1. The number of nitrogens with two attached hydrogens (primary N) is 1. The summed E-state index contributed by atoms with van der Waals surface area (Å²) in [6.07, 6.45) is 3.71. The first-order valence-electron chi connectivity index (χ1n) is 4.19. The number of hydrogen-bond acceptors (Lipinski definition) is 3. The third-order valence-corrected chi connectivity index (χ3v) is 1.91. The number of hydrogen-bond donors (Lipinski definition) is 3. The molecular formula is C8H16N4. The molecule has 0 fully saturated rings. The molecule has 0 spiro atoms. The lowest BCUT2D eigenvalue weighted by molar-refractivity contribution is 0.485. The van der Waals surface area contributed by atoms with Crippen LogP contribution in [-0.2, 0) is 0 Å². The second-order valence-electron chi connectivity index (χ2n) is 3.06. The zero-order valence-corrected chi connectivity index (χ0v) is 7.54. The van der Waals surface area contributed by atoms with Crippen molar-refractivity contribution in [2.75, 3.05) is 6.54 Å². The van der Waals surface area contributed by atoms with Crippen LogP contribution in [0.25, 0.3) is 0 Å². The predicted molar refractivity (Wildman–Crippen MR) is 48.7 cm³/mol. The quantitative estimate of drug-likeness (QED) is 0.610. The molecule has 2 atom stereocenters. The Morgan fingerprint density at radius 2 is 2.42 bits per heavy atom. The highest BCUT2D eigenvalue weighted by Gasteiger charge is 2.08. The number of aromatic amines is 1. The summed E-state index contributed by atoms with van der Waals surface area (Å²) >= 11 is 0. The van der Waals surface area contributed by atoms with Crippen molar-refractivity contribution in [3.63, 3.8) is 0 Å². The largest absolute Gasteiger partial charge is 0.329 e. The molecule has 68 valence electrons. The molecular weight excluding hydrogens is 152 g/mol. The van der Waals surface area contributed by atoms with Gasteiger partial charge < -0.3 is 11.1 Å². The first-order valence-corrected chi connectivity index (χ1v) is 4.19. The maximum atomic E-state index is 5.49. The monoisotopic (exact) mass is 168 g/mol. The Hall–Kier alpha value is -0.870. The molecule has 4 nitrogen and oxygen atoms in total. The van der Waals surface area contributed by atoms with Crippen molar-refractivity contribution in [3.8, 4) is 0 Å². The van der Waals surface area contributed by atoms with Crippen molar-refractivity contribution in [3.05, 3.63) is 18.0 Å². The van der Waals surface area contributed by atoms with Gasteiger partial charge in [0.15, 0.2) is 0 Å². The number of nitrogens with one attached hydrogen (secondary N) is 2. The Balaban J connectivity index is 2.44. The standard InChI is InChI=1S/C8H16N4/c1-6(3-9)12-7(2)8-4-10-11-5-8/h4-7,12H,3,9H2,1-2H3,(H,10,11). The van der Waals surface area contributed by atoms with E-state index in [1.807, 2.05) is 12.4 Å². The van der Waals surface area contributed by atoms with Gasteiger partial charge in [0.2, 0.25) is 0 Å². The number of aromatic nitrogens is 2. The molecule has 0 radical (unpaired) electrons. The Labute approximate surface area is 72.5 Å². The van der Waals surface area contributed by atoms with Gasteiger partial charge in [0, 0.05) is 30.4 Å². The van der Waals surface area contributed by atoms with Gasteiger partial charge in [-0.25, -0.2) is 0 Å². The van der Waals surface area contributed by atoms with Gasteiger partial charge in [0.05, 0.1) is 6.20 Å². The Kier molecular flexibility index (Phi) is 3.25. The molecule has 0 saturated carbocycles. The van der Waals surface area contributed by atoms with Crippen LogP contribution in [0.4, 0.5) is 0 Å². The molecule has 0 aliphatic heterocycles. The minimum absolute atomic E-state index is 0.308. The topological polar surface area (TPSA) is 66.7 Å². The molecule has 4 N–H and O–H groups in total. The summed E-state index contributed by atoms with van der Waals surface area (Å²) in [5, 5.41) is 10.0. The van der Waals surface area contributed by atoms with E-state index < -0.39 is 0 Å². The molecule has 0 aliphatic carbocycles. The lowest BCUT2D eigenvalue weighted by atomic mass is 10.1. The van der Waals surface area contributed by atoms with Crippen LogP contribution in [0.5, 0.6) is 0 Å². The molecule has 1 rings (SSSR count). The maximum Gasteiger partial charge on any atom is 0.0534 e. The highest BCUT2D eigenvalue weighted by Crippen LogP contribution is 2.09. The van der Waals surface area contributed by atoms with E-state index in [2.05, 4.69) is 29.4 Å². The normalized spacial score (nSPS) is 15.9. The zero-order valence-electron chi connectivity index (χ0n) is 7.54. The van der Waals surface area contributed by atoms with E-state index in [9.17, 15) is 0 Å². The van der Waals surface area contributed by atoms with Crippen LogP contribution in [0.3, 0.4) is 0 Å². The fourth-order valence-electron chi connectivity index (χ4n) is 1.09. The third-order valence-electron chi connectivity index (χ3n) is 1.91. The minimum atomic E-state index is 0.308. The van der Waals surface area contributed by atoms with Gasteiger partial charge >= 0.3 is 0 Å². The van der Waals surface area contributed by atoms with Crippen LogP contribution < -0.4 is 11.1 Å². The molecule has 1 heterocycles. The summed E-state index contributed by atoms with van der Waals surface area (Å²) in [6.45, 7) is 4.82. The maximum absolute atomic E-state index is 5.49. The molecule has 1 aromatic heterocycles. The second kappa shape index (κ2) is 4.23. The molecule has 2 unspecified atom stereocenters. The lowest BCUT2D eigenvalue weighted by Crippen LogP contribution is -2.34. The summed E-state index contributed by atoms with van der Waals surface area (Å²) in [5.74, 6) is 0. The molecule has 0 aliphatic rings. The summed E-state index contributed by atoms with van der Waals surface area (Å²) in [6, 6.07) is 0.650. The predicted octanol–water partition coefficient (Wildman–Crippen LogP) is 0.408. The smallest absolute Gasteiger partial charge is 0.0534 e. The van der Waals surface area contributed by atoms with E-state index in [0.29, 0.717) is 18.6 Å². The number of nitrogens with zero attached hydrogens (tertiary/aromatic N) is 1. The van der Waals surface area contributed by atoms with Crippen LogP contribution in [0.1, 0.15) is 25.5 Å². The molecule has 4 heteroatoms. The van der Waals surface area contributed by atoms with Crippen LogP contribution in [0, 0.1) is 0 Å². The third kappa shape index (κ3) is 2.32. The fraction of sp³-hybridized carbons (Fsp3) is 0.625. The second-order valence-corrected chi connectivity index (χ2v) is 3.06. The first kappa shape index (κ1) is 9.22. The molecule has 1 aromatic rings. The Morgan fingerprint density at radius 1 is 1.67 bits per heavy atom. The van der Waals surface area contributed by atoms with Gasteiger partial charge in [0.25, 0.3) is 0 Å². The number of rotatable bonds is 4. The SMILES string of the molecule is CC(CN)NC(C)c1cn[nH]c1. The van der Waals surface area contributed by atoms with E-state index in [-0.39, 0.29) is 0 Å². The lowest BCUT2D eigenvalue weighted by Gasteiger charge is -2.16. The summed E-state index contributed by atoms with van der Waals surface area (Å²) in [5.41, 5.74) is 6.65. The molecule has 0 bridgehead atoms. The molecule has 0 amide bonds. The van der Waals surface area contributed by atoms with Crippen LogP contribution in [0.15, 0.2) is 12.4 Å². The van der Waals surface area contributed by atoms with E-state index in [1.165, 1.54) is 0 Å². The van der Waals surface area contributed by atoms with Gasteiger partial charge in [-0.3, -0.25) is 5.10 Å². The van der Waals surface area contributed by atoms with E-state index in [0.717, 1.165) is 5.56 Å². The van der Waals surface area contributed by atoms with Crippen molar-refractivity contribution < 1.29 is 0 Å². The Bertz CT molecular complexity index is 207. The average molecular weight is 168 g/mol. The van der Waals surface area contributed by atoms with Crippen molar-refractivity contribution in [1.29, 1.82) is 0 Å². The van der Waals surface area contributed by atoms with Crippen molar-refractivity contribution in [1.82, 2.24) is 15.5 Å². The molecule has 0 aromatic carbocycles. The summed E-state index contributed by atoms with van der Waals surface area (Å²) in [7, 11) is 0. The molecule has 0 saturated heterocycles. The van der Waals surface area contributed by atoms with Gasteiger partial charge in [-0.2, -0.15) is 5.10 Å². The van der Waals surface area contributed by atoms with Gasteiger partial charge in [0.1, 0.15) is 0 Å². The Morgan fingerprint density at radius 3 is 2.92 bits per heavy atom. The summed E-state index contributed by atoms with van der Waals surface area (Å²) in [4.78, 5) is 0. The highest BCUT2D eigenvalue weighted by molar-refractivity contribution is 5.08. The average Bonchev–Trinajstić information content (AvgIpc) is 2.56. The van der Waals surface area contributed by atoms with E-state index >= 15 is 0 Å². The fourth-order valence-corrected chi connectivity index (χ4v) is 1.09. The van der Waals surface area contributed by atoms with Gasteiger partial charge in [-0.1, -0.05) is 0 Å². The minimum Gasteiger partial charge on any atom is -0.329 e. The van der Waals surface area contributed by atoms with Crippen LogP contribution in [0.2, 0.25) is 0 Å². The van der Waals surface area contributed by atoms with Gasteiger partial charge in [-0.05, 0) is 13.8 Å². The van der Waals surface area contributed by atoms with Crippen molar-refractivity contribution in [2.45, 2.75) is 25.9 Å². The van der Waals surface area contributed by atoms with E-state index in [4.69, 9.17) is 5.73 Å². The first-order chi connectivity index (χ1) is 5.74. The highest BCUT2D eigenvalue weighted by atomic mass is 15.1. The van der Waals surface area contributed by atoms with Crippen LogP contribution in [-0.4, -0.2) is 22.8 Å². The van der Waals surface area contributed by atoms with Crippen LogP contribution >= 0.6 is 0 Å². The van der Waals surface area contributed by atoms with Crippen molar-refractivity contribution >= 4 is 0 Å². The molecule has 12 heavy (non-hydrogen) atoms. The van der Waals surface area contributed by atoms with Gasteiger partial charge in [-0.15, -0.1) is 0 Å². The van der Waals surface area contributed by atoms with E-state index in [1.54, 1.807) is 0 Å². The summed E-state index contributed by atoms with van der Waals surface area (Å²) < 4.78 is 0. The van der Waals surface area contributed by atoms with Crippen molar-refractivity contribution in [2.24, 2.45) is 5.73 Å².